The number of carbonyl (C=O) groups excluding carboxylic acids is 1. The van der Waals surface area contributed by atoms with E-state index in [0.29, 0.717) is 0 Å². The molecule has 3 nitrogen and oxygen atoms in total. The Balaban J connectivity index is 2.10. The molecule has 1 aliphatic rings. The number of hydrogen-bond donors (Lipinski definition) is 0. The summed E-state index contributed by atoms with van der Waals surface area (Å²) in [6.07, 6.45) is 2.55. The van der Waals surface area contributed by atoms with Crippen LogP contribution in [-0.4, -0.2) is 42.4 Å². The lowest BCUT2D eigenvalue weighted by Crippen LogP contribution is -2.28. The van der Waals surface area contributed by atoms with E-state index in [1.807, 2.05) is 37.4 Å². The van der Waals surface area contributed by atoms with Gasteiger partial charge < -0.3 is 4.90 Å². The average molecular weight is 270 g/mol. The number of benzene rings is 1. The van der Waals surface area contributed by atoms with Gasteiger partial charge in [-0.2, -0.15) is 0 Å². The summed E-state index contributed by atoms with van der Waals surface area (Å²) in [7, 11) is 1.81. The van der Waals surface area contributed by atoms with E-state index in [2.05, 4.69) is 16.7 Å². The van der Waals surface area contributed by atoms with Crippen LogP contribution < -0.4 is 0 Å². The molecule has 2 rings (SSSR count). The molecule has 1 amide bonds. The molecule has 1 aromatic rings. The maximum Gasteiger partial charge on any atom is 0.220 e. The smallest absolute Gasteiger partial charge is 0.220 e. The van der Waals surface area contributed by atoms with Crippen LogP contribution in [-0.2, 0) is 4.79 Å². The van der Waals surface area contributed by atoms with Gasteiger partial charge in [0.1, 0.15) is 6.04 Å². The minimum atomic E-state index is -0.156. The van der Waals surface area contributed by atoms with Crippen molar-refractivity contribution in [2.45, 2.75) is 25.8 Å². The third kappa shape index (κ3) is 3.85. The molecule has 0 aliphatic carbocycles. The first kappa shape index (κ1) is 14.6. The molecule has 0 spiro atoms. The van der Waals surface area contributed by atoms with Gasteiger partial charge in [0.15, 0.2) is 0 Å². The topological polar surface area (TPSA) is 23.6 Å². The fourth-order valence-corrected chi connectivity index (χ4v) is 2.42. The quantitative estimate of drug-likeness (QED) is 0.787. The molecule has 1 unspecified atom stereocenters. The molecule has 1 fully saturated rings. The van der Waals surface area contributed by atoms with E-state index in [0.717, 1.165) is 25.2 Å². The predicted octanol–water partition coefficient (Wildman–Crippen LogP) is 2.31. The molecule has 0 radical (unpaired) electrons. The summed E-state index contributed by atoms with van der Waals surface area (Å²) < 4.78 is 0. The van der Waals surface area contributed by atoms with Crippen LogP contribution in [0.25, 0.3) is 0 Å². The molecule has 0 saturated carbocycles. The van der Waals surface area contributed by atoms with Gasteiger partial charge in [0.2, 0.25) is 5.91 Å². The van der Waals surface area contributed by atoms with Crippen LogP contribution in [0.15, 0.2) is 30.3 Å². The molecule has 3 heteroatoms. The first-order valence-electron chi connectivity index (χ1n) is 7.17. The summed E-state index contributed by atoms with van der Waals surface area (Å²) in [5, 5.41) is 0. The molecule has 1 heterocycles. The van der Waals surface area contributed by atoms with Gasteiger partial charge >= 0.3 is 0 Å². The average Bonchev–Trinajstić information content (AvgIpc) is 2.97. The minimum Gasteiger partial charge on any atom is -0.328 e. The normalized spacial score (nSPS) is 16.3. The number of rotatable bonds is 3. The van der Waals surface area contributed by atoms with Crippen molar-refractivity contribution in [3.05, 3.63) is 35.9 Å². The van der Waals surface area contributed by atoms with Crippen molar-refractivity contribution in [2.24, 2.45) is 0 Å². The SMILES string of the molecule is CC(=O)N(C)C(C#CCN1CCCC1)c1ccccc1. The second-order valence-electron chi connectivity index (χ2n) is 5.25. The zero-order valence-electron chi connectivity index (χ0n) is 12.3. The van der Waals surface area contributed by atoms with Gasteiger partial charge in [-0.25, -0.2) is 0 Å². The molecule has 0 bridgehead atoms. The van der Waals surface area contributed by atoms with Crippen LogP contribution in [0.1, 0.15) is 31.4 Å². The molecule has 106 valence electrons. The summed E-state index contributed by atoms with van der Waals surface area (Å²) in [5.41, 5.74) is 1.07. The van der Waals surface area contributed by atoms with Gasteiger partial charge in [0, 0.05) is 14.0 Å². The van der Waals surface area contributed by atoms with Crippen LogP contribution in [0.4, 0.5) is 0 Å². The van der Waals surface area contributed by atoms with Crippen molar-refractivity contribution in [1.82, 2.24) is 9.80 Å². The van der Waals surface area contributed by atoms with E-state index in [9.17, 15) is 4.79 Å². The molecule has 1 aromatic carbocycles. The van der Waals surface area contributed by atoms with Crippen LogP contribution in [0.5, 0.6) is 0 Å². The molecule has 20 heavy (non-hydrogen) atoms. The lowest BCUT2D eigenvalue weighted by atomic mass is 10.1. The monoisotopic (exact) mass is 270 g/mol. The van der Waals surface area contributed by atoms with Crippen LogP contribution in [0, 0.1) is 11.8 Å². The highest BCUT2D eigenvalue weighted by atomic mass is 16.2. The Bertz CT molecular complexity index is 495. The summed E-state index contributed by atoms with van der Waals surface area (Å²) in [6.45, 7) is 4.67. The Labute approximate surface area is 121 Å². The van der Waals surface area contributed by atoms with Gasteiger partial charge in [-0.05, 0) is 31.5 Å². The van der Waals surface area contributed by atoms with Gasteiger partial charge in [-0.3, -0.25) is 9.69 Å². The minimum absolute atomic E-state index is 0.0364. The van der Waals surface area contributed by atoms with Gasteiger partial charge in [0.25, 0.3) is 0 Å². The molecule has 1 aliphatic heterocycles. The van der Waals surface area contributed by atoms with Crippen molar-refractivity contribution in [2.75, 3.05) is 26.7 Å². The summed E-state index contributed by atoms with van der Waals surface area (Å²) >= 11 is 0. The van der Waals surface area contributed by atoms with Crippen molar-refractivity contribution < 1.29 is 4.79 Å². The van der Waals surface area contributed by atoms with E-state index in [1.165, 1.54) is 12.8 Å². The summed E-state index contributed by atoms with van der Waals surface area (Å²) in [4.78, 5) is 15.7. The predicted molar refractivity (Wildman–Crippen MR) is 81.1 cm³/mol. The Morgan fingerprint density at radius 3 is 2.55 bits per heavy atom. The molecule has 0 aromatic heterocycles. The first-order valence-corrected chi connectivity index (χ1v) is 7.17. The Morgan fingerprint density at radius 1 is 1.30 bits per heavy atom. The lowest BCUT2D eigenvalue weighted by Gasteiger charge is -2.23. The van der Waals surface area contributed by atoms with E-state index in [1.54, 1.807) is 11.8 Å². The van der Waals surface area contributed by atoms with Crippen LogP contribution in [0.3, 0.4) is 0 Å². The lowest BCUT2D eigenvalue weighted by molar-refractivity contribution is -0.128. The fraction of sp³-hybridized carbons (Fsp3) is 0.471. The number of hydrogen-bond acceptors (Lipinski definition) is 2. The van der Waals surface area contributed by atoms with Crippen molar-refractivity contribution >= 4 is 5.91 Å². The first-order chi connectivity index (χ1) is 9.68. The van der Waals surface area contributed by atoms with E-state index in [4.69, 9.17) is 0 Å². The Hall–Kier alpha value is -1.79. The molecular weight excluding hydrogens is 248 g/mol. The second kappa shape index (κ2) is 7.12. The fourth-order valence-electron chi connectivity index (χ4n) is 2.42. The van der Waals surface area contributed by atoms with E-state index < -0.39 is 0 Å². The standard InChI is InChI=1S/C17H22N2O/c1-15(20)18(2)17(16-9-4-3-5-10-16)11-8-14-19-12-6-7-13-19/h3-5,9-10,17H,6-7,12-14H2,1-2H3. The largest absolute Gasteiger partial charge is 0.328 e. The molecule has 1 atom stereocenters. The number of nitrogens with zero attached hydrogens (tertiary/aromatic N) is 2. The van der Waals surface area contributed by atoms with Gasteiger partial charge in [-0.15, -0.1) is 0 Å². The highest BCUT2D eigenvalue weighted by Crippen LogP contribution is 2.18. The van der Waals surface area contributed by atoms with Crippen molar-refractivity contribution in [3.63, 3.8) is 0 Å². The van der Waals surface area contributed by atoms with E-state index >= 15 is 0 Å². The zero-order chi connectivity index (χ0) is 14.4. The zero-order valence-corrected chi connectivity index (χ0v) is 12.3. The number of amides is 1. The highest BCUT2D eigenvalue weighted by Gasteiger charge is 2.16. The van der Waals surface area contributed by atoms with Crippen LogP contribution in [0.2, 0.25) is 0 Å². The maximum atomic E-state index is 11.6. The third-order valence-corrected chi connectivity index (χ3v) is 3.74. The highest BCUT2D eigenvalue weighted by molar-refractivity contribution is 5.74. The maximum absolute atomic E-state index is 11.6. The Kier molecular flexibility index (Phi) is 5.20. The Morgan fingerprint density at radius 2 is 1.95 bits per heavy atom. The van der Waals surface area contributed by atoms with Crippen molar-refractivity contribution in [1.29, 1.82) is 0 Å². The van der Waals surface area contributed by atoms with E-state index in [-0.39, 0.29) is 11.9 Å². The number of likely N-dealkylation sites (tertiary alicyclic amines) is 1. The van der Waals surface area contributed by atoms with Gasteiger partial charge in [-0.1, -0.05) is 42.2 Å². The number of carbonyl (C=O) groups is 1. The van der Waals surface area contributed by atoms with Crippen LogP contribution >= 0.6 is 0 Å². The summed E-state index contributed by atoms with van der Waals surface area (Å²) in [6, 6.07) is 9.84. The second-order valence-corrected chi connectivity index (χ2v) is 5.25. The summed E-state index contributed by atoms with van der Waals surface area (Å²) in [5.74, 6) is 6.54. The molecule has 1 saturated heterocycles. The van der Waals surface area contributed by atoms with Crippen molar-refractivity contribution in [3.8, 4) is 11.8 Å². The molecule has 0 N–H and O–H groups in total. The van der Waals surface area contributed by atoms with Gasteiger partial charge in [0.05, 0.1) is 6.54 Å². The molecular formula is C17H22N2O. The third-order valence-electron chi connectivity index (χ3n) is 3.74.